The number of hydrogen-bond donors (Lipinski definition) is 0. The second-order valence-corrected chi connectivity index (χ2v) is 4.48. The van der Waals surface area contributed by atoms with Crippen LogP contribution in [0.1, 0.15) is 26.0 Å². The molecule has 2 aromatic heterocycles. The Morgan fingerprint density at radius 1 is 1.53 bits per heavy atom. The summed E-state index contributed by atoms with van der Waals surface area (Å²) in [6, 6.07) is 0. The summed E-state index contributed by atoms with van der Waals surface area (Å²) in [6.07, 6.45) is 6.40. The molecule has 0 radical (unpaired) electrons. The topological polar surface area (TPSA) is 79.1 Å². The predicted molar refractivity (Wildman–Crippen MR) is 65.1 cm³/mol. The summed E-state index contributed by atoms with van der Waals surface area (Å²) in [6.45, 7) is 1.69. The maximum Gasteiger partial charge on any atom is 0.302 e. The monoisotopic (exact) mass is 262 g/mol. The van der Waals surface area contributed by atoms with Gasteiger partial charge in [-0.2, -0.15) is 0 Å². The molecule has 1 fully saturated rings. The van der Waals surface area contributed by atoms with Crippen LogP contribution in [0.15, 0.2) is 18.9 Å². The molecule has 3 heterocycles. The average molecular weight is 262 g/mol. The van der Waals surface area contributed by atoms with Crippen molar-refractivity contribution in [3.8, 4) is 0 Å². The standard InChI is InChI=1S/C12H14N4O3/c1-8(17)18-5-9-2-3-11(19-9)16-7-15-10-4-13-6-14-12(10)16/h4,6-7,9,11H,2-3,5H2,1H3. The molecule has 1 aliphatic heterocycles. The van der Waals surface area contributed by atoms with Crippen molar-refractivity contribution >= 4 is 17.1 Å². The molecule has 7 nitrogen and oxygen atoms in total. The molecule has 2 aromatic rings. The van der Waals surface area contributed by atoms with E-state index >= 15 is 0 Å². The first-order valence-corrected chi connectivity index (χ1v) is 6.15. The number of carbonyl (C=O) groups excluding carboxylic acids is 1. The molecule has 1 aliphatic rings. The first-order chi connectivity index (χ1) is 9.24. The van der Waals surface area contributed by atoms with Crippen LogP contribution in [0.5, 0.6) is 0 Å². The molecule has 0 aromatic carbocycles. The number of nitrogens with zero attached hydrogens (tertiary/aromatic N) is 4. The molecule has 0 amide bonds. The van der Waals surface area contributed by atoms with E-state index in [1.54, 1.807) is 12.5 Å². The summed E-state index contributed by atoms with van der Waals surface area (Å²) in [5, 5.41) is 0. The van der Waals surface area contributed by atoms with E-state index in [0.29, 0.717) is 6.61 Å². The molecule has 2 atom stereocenters. The molecule has 19 heavy (non-hydrogen) atoms. The van der Waals surface area contributed by atoms with E-state index in [4.69, 9.17) is 9.47 Å². The lowest BCUT2D eigenvalue weighted by molar-refractivity contribution is -0.145. The van der Waals surface area contributed by atoms with Crippen molar-refractivity contribution in [2.45, 2.75) is 32.1 Å². The lowest BCUT2D eigenvalue weighted by Crippen LogP contribution is -2.18. The molecule has 0 bridgehead atoms. The van der Waals surface area contributed by atoms with E-state index in [-0.39, 0.29) is 18.3 Å². The third kappa shape index (κ3) is 2.41. The molecule has 0 aliphatic carbocycles. The van der Waals surface area contributed by atoms with E-state index in [0.717, 1.165) is 24.0 Å². The summed E-state index contributed by atoms with van der Waals surface area (Å²) >= 11 is 0. The van der Waals surface area contributed by atoms with Crippen molar-refractivity contribution in [1.29, 1.82) is 0 Å². The van der Waals surface area contributed by atoms with Crippen LogP contribution in [0.25, 0.3) is 11.2 Å². The van der Waals surface area contributed by atoms with Crippen molar-refractivity contribution in [1.82, 2.24) is 19.5 Å². The van der Waals surface area contributed by atoms with Crippen LogP contribution in [0, 0.1) is 0 Å². The van der Waals surface area contributed by atoms with Gasteiger partial charge in [0, 0.05) is 6.92 Å². The smallest absolute Gasteiger partial charge is 0.302 e. The number of aromatic nitrogens is 4. The Kier molecular flexibility index (Phi) is 3.12. The van der Waals surface area contributed by atoms with Gasteiger partial charge in [0.25, 0.3) is 0 Å². The van der Waals surface area contributed by atoms with Crippen LogP contribution < -0.4 is 0 Å². The van der Waals surface area contributed by atoms with Gasteiger partial charge in [-0.25, -0.2) is 15.0 Å². The fourth-order valence-corrected chi connectivity index (χ4v) is 2.22. The highest BCUT2D eigenvalue weighted by molar-refractivity contribution is 5.68. The maximum absolute atomic E-state index is 10.8. The van der Waals surface area contributed by atoms with Gasteiger partial charge in [0.2, 0.25) is 0 Å². The van der Waals surface area contributed by atoms with Gasteiger partial charge in [-0.05, 0) is 12.8 Å². The van der Waals surface area contributed by atoms with Crippen molar-refractivity contribution in [3.05, 3.63) is 18.9 Å². The normalized spacial score (nSPS) is 22.8. The van der Waals surface area contributed by atoms with Crippen molar-refractivity contribution in [2.24, 2.45) is 0 Å². The largest absolute Gasteiger partial charge is 0.463 e. The van der Waals surface area contributed by atoms with E-state index in [9.17, 15) is 4.79 Å². The second-order valence-electron chi connectivity index (χ2n) is 4.48. The number of rotatable bonds is 3. The SMILES string of the molecule is CC(=O)OCC1CCC(n2cnc3cncnc32)O1. The number of carbonyl (C=O) groups is 1. The van der Waals surface area contributed by atoms with Crippen molar-refractivity contribution < 1.29 is 14.3 Å². The number of ether oxygens (including phenoxy) is 2. The summed E-state index contributed by atoms with van der Waals surface area (Å²) in [7, 11) is 0. The quantitative estimate of drug-likeness (QED) is 0.770. The minimum atomic E-state index is -0.284. The molecular weight excluding hydrogens is 248 g/mol. The van der Waals surface area contributed by atoms with Crippen molar-refractivity contribution in [3.63, 3.8) is 0 Å². The molecule has 100 valence electrons. The average Bonchev–Trinajstić information content (AvgIpc) is 3.02. The van der Waals surface area contributed by atoms with E-state index in [1.165, 1.54) is 13.3 Å². The lowest BCUT2D eigenvalue weighted by Gasteiger charge is -2.14. The molecule has 2 unspecified atom stereocenters. The molecule has 0 spiro atoms. The zero-order valence-corrected chi connectivity index (χ0v) is 10.5. The Labute approximate surface area is 109 Å². The Balaban J connectivity index is 1.72. The summed E-state index contributed by atoms with van der Waals surface area (Å²) in [5.74, 6) is -0.284. The number of fused-ring (bicyclic) bond motifs is 1. The molecule has 0 N–H and O–H groups in total. The minimum Gasteiger partial charge on any atom is -0.463 e. The van der Waals surface area contributed by atoms with Gasteiger partial charge in [0.15, 0.2) is 5.65 Å². The fourth-order valence-electron chi connectivity index (χ4n) is 2.22. The van der Waals surface area contributed by atoms with Crippen molar-refractivity contribution in [2.75, 3.05) is 6.61 Å². The van der Waals surface area contributed by atoms with Gasteiger partial charge in [-0.3, -0.25) is 9.36 Å². The van der Waals surface area contributed by atoms with Crippen LogP contribution in [0.4, 0.5) is 0 Å². The third-order valence-corrected chi connectivity index (χ3v) is 3.11. The molecule has 0 saturated carbocycles. The predicted octanol–water partition coefficient (Wildman–Crippen LogP) is 1.07. The molecule has 3 rings (SSSR count). The Hall–Kier alpha value is -2.02. The van der Waals surface area contributed by atoms with Crippen LogP contribution in [0.3, 0.4) is 0 Å². The maximum atomic E-state index is 10.8. The van der Waals surface area contributed by atoms with Crippen LogP contribution in [-0.2, 0) is 14.3 Å². The van der Waals surface area contributed by atoms with Gasteiger partial charge in [-0.15, -0.1) is 0 Å². The van der Waals surface area contributed by atoms with Gasteiger partial charge < -0.3 is 9.47 Å². The molecular formula is C12H14N4O3. The van der Waals surface area contributed by atoms with E-state index in [1.807, 2.05) is 4.57 Å². The summed E-state index contributed by atoms with van der Waals surface area (Å²) < 4.78 is 12.7. The van der Waals surface area contributed by atoms with Gasteiger partial charge in [0.05, 0.1) is 18.6 Å². The summed E-state index contributed by atoms with van der Waals surface area (Å²) in [5.41, 5.74) is 1.50. The van der Waals surface area contributed by atoms with Crippen LogP contribution in [-0.4, -0.2) is 38.2 Å². The van der Waals surface area contributed by atoms with Gasteiger partial charge in [0.1, 0.15) is 24.7 Å². The number of esters is 1. The minimum absolute atomic E-state index is 0.0619. The highest BCUT2D eigenvalue weighted by atomic mass is 16.6. The van der Waals surface area contributed by atoms with Gasteiger partial charge >= 0.3 is 5.97 Å². The Morgan fingerprint density at radius 3 is 3.26 bits per heavy atom. The zero-order valence-electron chi connectivity index (χ0n) is 10.5. The second kappa shape index (κ2) is 4.93. The number of imidazole rings is 1. The first-order valence-electron chi connectivity index (χ1n) is 6.15. The molecule has 7 heteroatoms. The molecule has 1 saturated heterocycles. The fraction of sp³-hybridized carbons (Fsp3) is 0.500. The zero-order chi connectivity index (χ0) is 13.2. The lowest BCUT2D eigenvalue weighted by atomic mass is 10.2. The Morgan fingerprint density at radius 2 is 2.42 bits per heavy atom. The van der Waals surface area contributed by atoms with Gasteiger partial charge in [-0.1, -0.05) is 0 Å². The van der Waals surface area contributed by atoms with Crippen LogP contribution in [0.2, 0.25) is 0 Å². The van der Waals surface area contributed by atoms with E-state index in [2.05, 4.69) is 15.0 Å². The van der Waals surface area contributed by atoms with Crippen LogP contribution >= 0.6 is 0 Å². The number of hydrogen-bond acceptors (Lipinski definition) is 6. The summed E-state index contributed by atoms with van der Waals surface area (Å²) in [4.78, 5) is 23.2. The Bertz CT molecular complexity index is 597. The third-order valence-electron chi connectivity index (χ3n) is 3.11. The van der Waals surface area contributed by atoms with E-state index < -0.39 is 0 Å². The first kappa shape index (κ1) is 12.0. The highest BCUT2D eigenvalue weighted by Crippen LogP contribution is 2.30. The highest BCUT2D eigenvalue weighted by Gasteiger charge is 2.28.